The fourth-order valence-corrected chi connectivity index (χ4v) is 10.4. The van der Waals surface area contributed by atoms with E-state index in [2.05, 4.69) is 21.3 Å². The Morgan fingerprint density at radius 1 is 0.864 bits per heavy atom. The van der Waals surface area contributed by atoms with Crippen molar-refractivity contribution >= 4 is 52.3 Å². The molecule has 482 valence electrons. The molecule has 0 aliphatic carbocycles. The molecule has 2 aromatic carbocycles. The number of esters is 1. The van der Waals surface area contributed by atoms with Crippen molar-refractivity contribution in [2.75, 3.05) is 71.3 Å². The van der Waals surface area contributed by atoms with E-state index < -0.39 is 114 Å². The number of aromatic nitrogens is 2. The van der Waals surface area contributed by atoms with Crippen molar-refractivity contribution in [2.24, 2.45) is 11.7 Å². The van der Waals surface area contributed by atoms with Gasteiger partial charge in [-0.25, -0.2) is 14.6 Å². The van der Waals surface area contributed by atoms with Crippen molar-refractivity contribution in [2.45, 2.75) is 147 Å². The third-order valence-electron chi connectivity index (χ3n) is 15.5. The second-order valence-corrected chi connectivity index (χ2v) is 22.3. The van der Waals surface area contributed by atoms with E-state index in [9.17, 15) is 59.1 Å². The average molecular weight is 1240 g/mol. The molecule has 0 radical (unpaired) electrons. The number of fused-ring (bicyclic) bond motifs is 5. The molecule has 0 saturated carbocycles. The van der Waals surface area contributed by atoms with Crippen LogP contribution in [-0.2, 0) is 84.2 Å². The molecule has 3 aliphatic heterocycles. The fraction of sp³-hybridized carbons (Fsp3) is 0.567. The van der Waals surface area contributed by atoms with Gasteiger partial charge in [0.1, 0.15) is 55.5 Å². The van der Waals surface area contributed by atoms with E-state index in [4.69, 9.17) is 49.0 Å². The minimum atomic E-state index is -2.01. The number of hydrogen-bond acceptors (Lipinski definition) is 22. The van der Waals surface area contributed by atoms with E-state index >= 15 is 0 Å². The zero-order chi connectivity index (χ0) is 64.0. The number of para-hydroxylation sites is 1. The molecule has 7 rings (SSSR count). The molecule has 5 amide bonds. The first-order chi connectivity index (χ1) is 42.0. The van der Waals surface area contributed by atoms with Gasteiger partial charge in [-0.05, 0) is 81.3 Å². The third kappa shape index (κ3) is 16.3. The minimum Gasteiger partial charge on any atom is -0.460 e. The number of amides is 5. The summed E-state index contributed by atoms with van der Waals surface area (Å²) in [5, 5.41) is 73.5. The number of rotatable bonds is 31. The number of aliphatic hydroxyl groups is 6. The largest absolute Gasteiger partial charge is 0.460 e. The highest BCUT2D eigenvalue weighted by Crippen LogP contribution is 2.41. The topological polar surface area (TPSA) is 401 Å². The zero-order valence-corrected chi connectivity index (χ0v) is 50.2. The molecule has 3 aliphatic rings. The predicted molar refractivity (Wildman–Crippen MR) is 314 cm³/mol. The Labute approximate surface area is 507 Å². The first-order valence-corrected chi connectivity index (χ1v) is 29.4. The summed E-state index contributed by atoms with van der Waals surface area (Å²) in [5.74, 6) is -4.05. The van der Waals surface area contributed by atoms with Gasteiger partial charge in [-0.15, -0.1) is 0 Å². The molecule has 1 fully saturated rings. The van der Waals surface area contributed by atoms with E-state index in [-0.39, 0.29) is 108 Å². The molecule has 9 atom stereocenters. The molecule has 28 nitrogen and oxygen atoms in total. The number of carbonyl (C=O) groups is 6. The zero-order valence-electron chi connectivity index (χ0n) is 50.2. The standard InChI is InChI=1S/C60H82N8O20/c1-7-60(81)40-27-44-49-38(28-68(44)56(78)39(40)31-85-58(60)79)36(37-10-8-9-11-42(37)64-49)16-18-67(33(4)5)59(80)86-30-35-12-14-43(45(26-35)87-57-52(74)51(73)50(72)46(29-70)88-57)65-53(75)34(6)63-55(77)48(32(2)3)66-47(71)15-13-41(61)54(76)62-17-20-82-22-24-84-25-23-83-21-19-69/h8-12,14,26-27,32-34,41,46,48,50-52,57,69-70,72-74,81H,7,13,15-25,28-31,61H2,1-6H3,(H,62,76)(H,63,77)(H,65,75)(H,66,71)/t34-,41-,46+,48-,50-,51-,52+,57+,60-/m0/s1. The van der Waals surface area contributed by atoms with Crippen LogP contribution in [0.25, 0.3) is 22.3 Å². The number of cyclic esters (lactones) is 1. The average Bonchev–Trinajstić information content (AvgIpc) is 1.68. The van der Waals surface area contributed by atoms with Crippen LogP contribution in [0.4, 0.5) is 10.5 Å². The highest BCUT2D eigenvalue weighted by atomic mass is 16.7. The monoisotopic (exact) mass is 1230 g/mol. The molecule has 5 heterocycles. The maximum atomic E-state index is 14.1. The fourth-order valence-electron chi connectivity index (χ4n) is 10.4. The molecule has 4 aromatic rings. The van der Waals surface area contributed by atoms with Crippen LogP contribution in [0, 0.1) is 5.92 Å². The summed E-state index contributed by atoms with van der Waals surface area (Å²) < 4.78 is 40.2. The number of nitrogens with one attached hydrogen (secondary N) is 4. The number of ether oxygens (including phenoxy) is 7. The van der Waals surface area contributed by atoms with Crippen molar-refractivity contribution in [1.82, 2.24) is 30.4 Å². The smallest absolute Gasteiger partial charge is 0.410 e. The van der Waals surface area contributed by atoms with Gasteiger partial charge in [0.25, 0.3) is 5.56 Å². The van der Waals surface area contributed by atoms with Crippen LogP contribution in [0.2, 0.25) is 0 Å². The number of benzene rings is 2. The Bertz CT molecular complexity index is 3180. The van der Waals surface area contributed by atoms with Gasteiger partial charge in [0.2, 0.25) is 29.9 Å². The molecule has 12 N–H and O–H groups in total. The summed E-state index contributed by atoms with van der Waals surface area (Å²) in [4.78, 5) is 101. The van der Waals surface area contributed by atoms with Gasteiger partial charge >= 0.3 is 12.1 Å². The van der Waals surface area contributed by atoms with Gasteiger partial charge in [0.15, 0.2) is 5.60 Å². The molecule has 2 aromatic heterocycles. The molecule has 0 spiro atoms. The van der Waals surface area contributed by atoms with Crippen LogP contribution in [0.15, 0.2) is 53.3 Å². The second-order valence-electron chi connectivity index (χ2n) is 22.3. The van der Waals surface area contributed by atoms with Crippen molar-refractivity contribution in [3.8, 4) is 17.1 Å². The van der Waals surface area contributed by atoms with Crippen LogP contribution >= 0.6 is 0 Å². The SMILES string of the molecule is CC[C@@]1(O)C(=O)OCc2c1cc1n(c2=O)Cc2c-1nc1ccccc1c2CCN(C(=O)OCc1ccc(NC(=O)[C@H](C)NC(=O)[C@@H](NC(=O)CC[C@H](N)C(=O)NCCOCCOCCOCCO)C(C)C)c(O[C@@H]2O[C@H](CO)[C@H](O)[C@H](O)[C@H]2O)c1)C(C)C. The number of anilines is 1. The summed E-state index contributed by atoms with van der Waals surface area (Å²) in [6.45, 7) is 10.6. The van der Waals surface area contributed by atoms with Gasteiger partial charge in [0.05, 0.1) is 93.6 Å². The first-order valence-electron chi connectivity index (χ1n) is 29.4. The van der Waals surface area contributed by atoms with E-state index in [1.165, 1.54) is 30.0 Å². The maximum Gasteiger partial charge on any atom is 0.410 e. The summed E-state index contributed by atoms with van der Waals surface area (Å²) in [6, 6.07) is 9.53. The quantitative estimate of drug-likeness (QED) is 0.0200. The highest BCUT2D eigenvalue weighted by Gasteiger charge is 2.47. The number of hydrogen-bond donors (Lipinski definition) is 11. The third-order valence-corrected chi connectivity index (χ3v) is 15.5. The van der Waals surface area contributed by atoms with E-state index in [1.807, 2.05) is 38.1 Å². The Hall–Kier alpha value is -7.22. The van der Waals surface area contributed by atoms with Crippen LogP contribution in [0.5, 0.6) is 5.75 Å². The molecule has 0 unspecified atom stereocenters. The van der Waals surface area contributed by atoms with Gasteiger partial charge in [-0.2, -0.15) is 0 Å². The van der Waals surface area contributed by atoms with E-state index in [0.717, 1.165) is 16.5 Å². The minimum absolute atomic E-state index is 0.0187. The molecule has 88 heavy (non-hydrogen) atoms. The summed E-state index contributed by atoms with van der Waals surface area (Å²) in [7, 11) is 0. The van der Waals surface area contributed by atoms with Gasteiger partial charge in [-0.3, -0.25) is 24.0 Å². The second kappa shape index (κ2) is 31.3. The Morgan fingerprint density at radius 2 is 1.57 bits per heavy atom. The van der Waals surface area contributed by atoms with Gasteiger partial charge in [-0.1, -0.05) is 45.0 Å². The summed E-state index contributed by atoms with van der Waals surface area (Å²) in [6.07, 6.45) is -9.19. The molecule has 1 saturated heterocycles. The first kappa shape index (κ1) is 68.3. The molecule has 28 heteroatoms. The van der Waals surface area contributed by atoms with Crippen molar-refractivity contribution in [1.29, 1.82) is 0 Å². The lowest BCUT2D eigenvalue weighted by molar-refractivity contribution is -0.277. The lowest BCUT2D eigenvalue weighted by Crippen LogP contribution is -2.60. The lowest BCUT2D eigenvalue weighted by atomic mass is 9.86. The Balaban J connectivity index is 0.988. The Kier molecular flexibility index (Phi) is 24.3. The van der Waals surface area contributed by atoms with Crippen molar-refractivity contribution in [3.63, 3.8) is 0 Å². The summed E-state index contributed by atoms with van der Waals surface area (Å²) >= 11 is 0. The van der Waals surface area contributed by atoms with Crippen LogP contribution in [0.3, 0.4) is 0 Å². The van der Waals surface area contributed by atoms with Crippen LogP contribution in [-0.4, -0.2) is 202 Å². The number of pyridine rings is 2. The number of nitrogens with zero attached hydrogens (tertiary/aromatic N) is 3. The maximum absolute atomic E-state index is 14.1. The Morgan fingerprint density at radius 3 is 2.25 bits per heavy atom. The predicted octanol–water partition coefficient (Wildman–Crippen LogP) is -0.302. The number of carbonyl (C=O) groups excluding carboxylic acids is 6. The van der Waals surface area contributed by atoms with Crippen molar-refractivity contribution < 1.29 is 92.6 Å². The van der Waals surface area contributed by atoms with Crippen LogP contribution < -0.4 is 37.3 Å². The normalized spacial score (nSPS) is 20.5. The molecular formula is C60H82N8O20. The van der Waals surface area contributed by atoms with Gasteiger partial charge < -0.3 is 100 Å². The molecular weight excluding hydrogens is 1150 g/mol. The van der Waals surface area contributed by atoms with E-state index in [1.54, 1.807) is 31.4 Å². The summed E-state index contributed by atoms with van der Waals surface area (Å²) in [5.41, 5.74) is 7.35. The number of aliphatic hydroxyl groups excluding tert-OH is 5. The lowest BCUT2D eigenvalue weighted by Gasteiger charge is -2.39. The number of nitrogens with two attached hydrogens (primary N) is 1. The van der Waals surface area contributed by atoms with E-state index in [0.29, 0.717) is 42.3 Å². The highest BCUT2D eigenvalue weighted by molar-refractivity contribution is 5.99. The van der Waals surface area contributed by atoms with Crippen molar-refractivity contribution in [3.05, 3.63) is 86.7 Å². The van der Waals surface area contributed by atoms with Crippen LogP contribution in [0.1, 0.15) is 88.6 Å². The molecule has 0 bridgehead atoms. The van der Waals surface area contributed by atoms with Gasteiger partial charge in [0, 0.05) is 42.1 Å².